The molecular formula is C14H20N4OS. The van der Waals surface area contributed by atoms with Gasteiger partial charge in [-0.1, -0.05) is 24.8 Å². The fourth-order valence-corrected chi connectivity index (χ4v) is 2.69. The molecule has 0 bridgehead atoms. The zero-order chi connectivity index (χ0) is 14.4. The maximum Gasteiger partial charge on any atom is 0.220 e. The Balaban J connectivity index is 1.88. The molecule has 0 atom stereocenters. The molecule has 0 aliphatic heterocycles. The molecule has 108 valence electrons. The summed E-state index contributed by atoms with van der Waals surface area (Å²) in [5.41, 5.74) is 8.64. The van der Waals surface area contributed by atoms with Crippen molar-refractivity contribution in [3.8, 4) is 0 Å². The van der Waals surface area contributed by atoms with Gasteiger partial charge in [0.15, 0.2) is 5.16 Å². The lowest BCUT2D eigenvalue weighted by Crippen LogP contribution is -2.29. The monoisotopic (exact) mass is 292 g/mol. The number of thioether (sulfide) groups is 1. The van der Waals surface area contributed by atoms with Gasteiger partial charge in [-0.2, -0.15) is 0 Å². The molecule has 6 heteroatoms. The van der Waals surface area contributed by atoms with E-state index in [-0.39, 0.29) is 5.91 Å². The van der Waals surface area contributed by atoms with Gasteiger partial charge in [-0.15, -0.1) is 0 Å². The second kappa shape index (κ2) is 7.31. The Morgan fingerprint density at radius 3 is 3.10 bits per heavy atom. The number of carbonyl (C=O) groups excluding carboxylic acids is 1. The molecule has 0 radical (unpaired) electrons. The van der Waals surface area contributed by atoms with Crippen LogP contribution in [0, 0.1) is 0 Å². The van der Waals surface area contributed by atoms with Gasteiger partial charge < -0.3 is 16.0 Å². The standard InChI is InChI=1S/C14H20N4OS/c1-2-10-3-4-11-12(9-10)18-14(17-11)20-8-5-13(19)16-7-6-15/h3-4,9H,2,5-8,15H2,1H3,(H,16,19)(H,17,18). The zero-order valence-electron chi connectivity index (χ0n) is 11.6. The molecule has 1 aromatic heterocycles. The van der Waals surface area contributed by atoms with Crippen molar-refractivity contribution >= 4 is 28.7 Å². The number of amides is 1. The first-order valence-corrected chi connectivity index (χ1v) is 7.79. The lowest BCUT2D eigenvalue weighted by atomic mass is 10.1. The van der Waals surface area contributed by atoms with Crippen LogP contribution in [0.3, 0.4) is 0 Å². The molecule has 4 N–H and O–H groups in total. The number of H-pyrrole nitrogens is 1. The predicted octanol–water partition coefficient (Wildman–Crippen LogP) is 1.68. The van der Waals surface area contributed by atoms with E-state index in [9.17, 15) is 4.79 Å². The van der Waals surface area contributed by atoms with Crippen LogP contribution in [0.25, 0.3) is 11.0 Å². The molecular weight excluding hydrogens is 272 g/mol. The highest BCUT2D eigenvalue weighted by Crippen LogP contribution is 2.21. The molecule has 0 aliphatic rings. The van der Waals surface area contributed by atoms with Crippen LogP contribution < -0.4 is 11.1 Å². The van der Waals surface area contributed by atoms with Gasteiger partial charge in [0.2, 0.25) is 5.91 Å². The first kappa shape index (κ1) is 14.9. The minimum atomic E-state index is 0.0346. The third-order valence-electron chi connectivity index (χ3n) is 2.97. The predicted molar refractivity (Wildman–Crippen MR) is 82.9 cm³/mol. The van der Waals surface area contributed by atoms with Crippen molar-refractivity contribution in [1.82, 2.24) is 15.3 Å². The topological polar surface area (TPSA) is 83.8 Å². The van der Waals surface area contributed by atoms with Gasteiger partial charge in [0.05, 0.1) is 11.0 Å². The van der Waals surface area contributed by atoms with Gasteiger partial charge in [0.1, 0.15) is 0 Å². The molecule has 1 aromatic carbocycles. The third kappa shape index (κ3) is 3.98. The van der Waals surface area contributed by atoms with E-state index in [0.717, 1.165) is 22.6 Å². The molecule has 2 aromatic rings. The first-order chi connectivity index (χ1) is 9.72. The van der Waals surface area contributed by atoms with Gasteiger partial charge in [0, 0.05) is 25.3 Å². The van der Waals surface area contributed by atoms with Crippen molar-refractivity contribution in [3.05, 3.63) is 23.8 Å². The number of benzene rings is 1. The van der Waals surface area contributed by atoms with Crippen molar-refractivity contribution in [2.24, 2.45) is 5.73 Å². The summed E-state index contributed by atoms with van der Waals surface area (Å²) in [5.74, 6) is 0.740. The molecule has 1 amide bonds. The number of hydrogen-bond acceptors (Lipinski definition) is 4. The summed E-state index contributed by atoms with van der Waals surface area (Å²) in [5, 5.41) is 3.61. The normalized spacial score (nSPS) is 10.9. The maximum absolute atomic E-state index is 11.4. The van der Waals surface area contributed by atoms with Crippen molar-refractivity contribution in [2.75, 3.05) is 18.8 Å². The quantitative estimate of drug-likeness (QED) is 0.678. The number of aromatic nitrogens is 2. The number of fused-ring (bicyclic) bond motifs is 1. The summed E-state index contributed by atoms with van der Waals surface area (Å²) >= 11 is 1.56. The van der Waals surface area contributed by atoms with Crippen molar-refractivity contribution in [1.29, 1.82) is 0 Å². The lowest BCUT2D eigenvalue weighted by molar-refractivity contribution is -0.120. The number of nitrogens with two attached hydrogens (primary N) is 1. The van der Waals surface area contributed by atoms with Gasteiger partial charge >= 0.3 is 0 Å². The number of aryl methyl sites for hydroxylation is 1. The Bertz CT molecular complexity index is 582. The van der Waals surface area contributed by atoms with E-state index in [1.807, 2.05) is 6.07 Å². The average Bonchev–Trinajstić information content (AvgIpc) is 2.86. The van der Waals surface area contributed by atoms with E-state index < -0.39 is 0 Å². The largest absolute Gasteiger partial charge is 0.355 e. The maximum atomic E-state index is 11.4. The Hall–Kier alpha value is -1.53. The molecule has 0 aliphatic carbocycles. The lowest BCUT2D eigenvalue weighted by Gasteiger charge is -2.01. The SMILES string of the molecule is CCc1ccc2nc(SCCC(=O)NCCN)[nH]c2c1. The van der Waals surface area contributed by atoms with E-state index in [4.69, 9.17) is 5.73 Å². The summed E-state index contributed by atoms with van der Waals surface area (Å²) < 4.78 is 0. The Labute approximate surface area is 122 Å². The molecule has 20 heavy (non-hydrogen) atoms. The molecule has 1 heterocycles. The number of nitrogens with one attached hydrogen (secondary N) is 2. The van der Waals surface area contributed by atoms with E-state index in [2.05, 4.69) is 34.3 Å². The van der Waals surface area contributed by atoms with Gasteiger partial charge in [-0.05, 0) is 24.1 Å². The van der Waals surface area contributed by atoms with E-state index in [1.54, 1.807) is 11.8 Å². The summed E-state index contributed by atoms with van der Waals surface area (Å²) in [4.78, 5) is 19.2. The summed E-state index contributed by atoms with van der Waals surface area (Å²) in [7, 11) is 0. The third-order valence-corrected chi connectivity index (χ3v) is 3.84. The van der Waals surface area contributed by atoms with Crippen LogP contribution >= 0.6 is 11.8 Å². The second-order valence-electron chi connectivity index (χ2n) is 4.48. The molecule has 0 fully saturated rings. The smallest absolute Gasteiger partial charge is 0.220 e. The number of carbonyl (C=O) groups is 1. The Kier molecular flexibility index (Phi) is 5.43. The highest BCUT2D eigenvalue weighted by molar-refractivity contribution is 7.99. The minimum absolute atomic E-state index is 0.0346. The minimum Gasteiger partial charge on any atom is -0.355 e. The van der Waals surface area contributed by atoms with Crippen LogP contribution in [0.15, 0.2) is 23.4 Å². The number of hydrogen-bond donors (Lipinski definition) is 3. The van der Waals surface area contributed by atoms with Crippen LogP contribution in [-0.2, 0) is 11.2 Å². The first-order valence-electron chi connectivity index (χ1n) is 6.81. The highest BCUT2D eigenvalue weighted by atomic mass is 32.2. The van der Waals surface area contributed by atoms with Crippen LogP contribution in [0.2, 0.25) is 0 Å². The van der Waals surface area contributed by atoms with Crippen molar-refractivity contribution in [2.45, 2.75) is 24.9 Å². The second-order valence-corrected chi connectivity index (χ2v) is 5.57. The molecule has 0 saturated heterocycles. The molecule has 2 rings (SSSR count). The average molecular weight is 292 g/mol. The number of rotatable bonds is 7. The van der Waals surface area contributed by atoms with Gasteiger partial charge in [0.25, 0.3) is 0 Å². The van der Waals surface area contributed by atoms with Crippen LogP contribution in [0.5, 0.6) is 0 Å². The number of imidazole rings is 1. The highest BCUT2D eigenvalue weighted by Gasteiger charge is 2.06. The van der Waals surface area contributed by atoms with E-state index in [1.165, 1.54) is 5.56 Å². The molecule has 0 spiro atoms. The molecule has 0 unspecified atom stereocenters. The van der Waals surface area contributed by atoms with E-state index >= 15 is 0 Å². The molecule has 0 saturated carbocycles. The van der Waals surface area contributed by atoms with Crippen LogP contribution in [0.1, 0.15) is 18.9 Å². The Morgan fingerprint density at radius 2 is 2.35 bits per heavy atom. The molecule has 5 nitrogen and oxygen atoms in total. The fourth-order valence-electron chi connectivity index (χ4n) is 1.86. The summed E-state index contributed by atoms with van der Waals surface area (Å²) in [6.07, 6.45) is 1.49. The summed E-state index contributed by atoms with van der Waals surface area (Å²) in [6, 6.07) is 6.25. The van der Waals surface area contributed by atoms with Gasteiger partial charge in [-0.3, -0.25) is 4.79 Å². The number of nitrogens with zero attached hydrogens (tertiary/aromatic N) is 1. The van der Waals surface area contributed by atoms with Crippen LogP contribution in [-0.4, -0.2) is 34.7 Å². The Morgan fingerprint density at radius 1 is 1.50 bits per heavy atom. The van der Waals surface area contributed by atoms with Crippen LogP contribution in [0.4, 0.5) is 0 Å². The zero-order valence-corrected chi connectivity index (χ0v) is 12.4. The van der Waals surface area contributed by atoms with Crippen molar-refractivity contribution < 1.29 is 4.79 Å². The van der Waals surface area contributed by atoms with E-state index in [0.29, 0.717) is 25.3 Å². The number of aromatic amines is 1. The van der Waals surface area contributed by atoms with Crippen molar-refractivity contribution in [3.63, 3.8) is 0 Å². The fraction of sp³-hybridized carbons (Fsp3) is 0.429. The summed E-state index contributed by atoms with van der Waals surface area (Å²) in [6.45, 7) is 3.14. The van der Waals surface area contributed by atoms with Gasteiger partial charge in [-0.25, -0.2) is 4.98 Å².